The molecule has 0 aromatic carbocycles. The summed E-state index contributed by atoms with van der Waals surface area (Å²) in [6.07, 6.45) is 4.07. The van der Waals surface area contributed by atoms with Crippen molar-refractivity contribution in [2.45, 2.75) is 59.5 Å². The van der Waals surface area contributed by atoms with Crippen molar-refractivity contribution in [1.82, 2.24) is 0 Å². The third-order valence-corrected chi connectivity index (χ3v) is 2.24. The van der Waals surface area contributed by atoms with Crippen molar-refractivity contribution in [3.63, 3.8) is 0 Å². The molecular formula is C12H24O2. The quantitative estimate of drug-likeness (QED) is 0.601. The number of hydrogen-bond donors (Lipinski definition) is 0. The van der Waals surface area contributed by atoms with Gasteiger partial charge in [0.15, 0.2) is 0 Å². The van der Waals surface area contributed by atoms with Gasteiger partial charge in [-0.2, -0.15) is 0 Å². The first-order valence-corrected chi connectivity index (χ1v) is 5.63. The number of ketones is 1. The van der Waals surface area contributed by atoms with E-state index in [1.54, 1.807) is 6.92 Å². The first kappa shape index (κ1) is 13.6. The summed E-state index contributed by atoms with van der Waals surface area (Å²) in [5, 5.41) is 0. The first-order chi connectivity index (χ1) is 6.52. The molecule has 0 fully saturated rings. The molecule has 0 bridgehead atoms. The lowest BCUT2D eigenvalue weighted by Crippen LogP contribution is -2.11. The van der Waals surface area contributed by atoms with Gasteiger partial charge in [0.25, 0.3) is 0 Å². The molecule has 2 nitrogen and oxygen atoms in total. The normalized spacial score (nSPS) is 13.2. The minimum absolute atomic E-state index is 0.277. The Kier molecular flexibility index (Phi) is 7.77. The summed E-state index contributed by atoms with van der Waals surface area (Å²) in [4.78, 5) is 10.7. The zero-order valence-corrected chi connectivity index (χ0v) is 10.0. The molecule has 84 valence electrons. The number of Topliss-reactive ketones (excluding diaryl/α,β-unsaturated/α-hetero) is 1. The molecule has 0 aliphatic carbocycles. The van der Waals surface area contributed by atoms with E-state index in [-0.39, 0.29) is 5.78 Å². The highest BCUT2D eigenvalue weighted by Gasteiger charge is 2.03. The lowest BCUT2D eigenvalue weighted by molar-refractivity contribution is -0.117. The molecule has 0 heterocycles. The van der Waals surface area contributed by atoms with Gasteiger partial charge in [0.1, 0.15) is 5.78 Å². The van der Waals surface area contributed by atoms with Gasteiger partial charge in [-0.25, -0.2) is 0 Å². The van der Waals surface area contributed by atoms with Crippen LogP contribution in [0.3, 0.4) is 0 Å². The molecule has 14 heavy (non-hydrogen) atoms. The third-order valence-electron chi connectivity index (χ3n) is 2.24. The summed E-state index contributed by atoms with van der Waals surface area (Å²) in [5.74, 6) is 0.985. The number of carbonyl (C=O) groups is 1. The van der Waals surface area contributed by atoms with Crippen molar-refractivity contribution in [2.75, 3.05) is 6.61 Å². The van der Waals surface area contributed by atoms with E-state index < -0.39 is 0 Å². The van der Waals surface area contributed by atoms with Gasteiger partial charge in [0, 0.05) is 13.0 Å². The van der Waals surface area contributed by atoms with Crippen molar-refractivity contribution < 1.29 is 9.53 Å². The van der Waals surface area contributed by atoms with Crippen molar-refractivity contribution in [2.24, 2.45) is 5.92 Å². The summed E-state index contributed by atoms with van der Waals surface area (Å²) in [6.45, 7) is 8.97. The lowest BCUT2D eigenvalue weighted by atomic mass is 10.1. The second kappa shape index (κ2) is 7.98. The number of rotatable bonds is 8. The van der Waals surface area contributed by atoms with Gasteiger partial charge in [0.2, 0.25) is 0 Å². The molecule has 1 atom stereocenters. The monoisotopic (exact) mass is 200 g/mol. The van der Waals surface area contributed by atoms with E-state index in [1.165, 1.54) is 0 Å². The summed E-state index contributed by atoms with van der Waals surface area (Å²) in [6, 6.07) is 0. The first-order valence-electron chi connectivity index (χ1n) is 5.63. The fraction of sp³-hybridized carbons (Fsp3) is 0.917. The molecule has 0 rings (SSSR count). The highest BCUT2D eigenvalue weighted by molar-refractivity contribution is 5.75. The van der Waals surface area contributed by atoms with E-state index in [2.05, 4.69) is 20.8 Å². The van der Waals surface area contributed by atoms with Crippen LogP contribution in [-0.4, -0.2) is 18.5 Å². The number of carbonyl (C=O) groups excluding carboxylic acids is 1. The molecule has 0 saturated carbocycles. The van der Waals surface area contributed by atoms with E-state index in [1.807, 2.05) is 0 Å². The minimum atomic E-state index is 0.277. The van der Waals surface area contributed by atoms with Crippen LogP contribution in [0.4, 0.5) is 0 Å². The molecule has 0 aromatic heterocycles. The standard InChI is InChI=1S/C12H24O2/c1-10(2)8-9-14-12(4)7-5-6-11(3)13/h10,12H,5-9H2,1-4H3. The zero-order chi connectivity index (χ0) is 11.0. The second-order valence-corrected chi connectivity index (χ2v) is 4.46. The van der Waals surface area contributed by atoms with Crippen molar-refractivity contribution >= 4 is 5.78 Å². The Morgan fingerprint density at radius 3 is 2.36 bits per heavy atom. The molecule has 0 radical (unpaired) electrons. The molecule has 0 aromatic rings. The Hall–Kier alpha value is -0.370. The third kappa shape index (κ3) is 9.72. The number of ether oxygens (including phenoxy) is 1. The van der Waals surface area contributed by atoms with Gasteiger partial charge in [-0.3, -0.25) is 0 Å². The molecule has 0 saturated heterocycles. The molecule has 0 aliphatic heterocycles. The van der Waals surface area contributed by atoms with Gasteiger partial charge in [0.05, 0.1) is 6.10 Å². The molecular weight excluding hydrogens is 176 g/mol. The second-order valence-electron chi connectivity index (χ2n) is 4.46. The fourth-order valence-corrected chi connectivity index (χ4v) is 1.23. The highest BCUT2D eigenvalue weighted by atomic mass is 16.5. The molecule has 0 amide bonds. The molecule has 0 spiro atoms. The average Bonchev–Trinajstić information content (AvgIpc) is 2.02. The Labute approximate surface area is 88.0 Å². The van der Waals surface area contributed by atoms with Gasteiger partial charge in [-0.05, 0) is 39.0 Å². The van der Waals surface area contributed by atoms with Crippen LogP contribution in [0.1, 0.15) is 53.4 Å². The lowest BCUT2D eigenvalue weighted by Gasteiger charge is -2.13. The molecule has 0 aliphatic rings. The van der Waals surface area contributed by atoms with Crippen LogP contribution < -0.4 is 0 Å². The van der Waals surface area contributed by atoms with E-state index in [0.717, 1.165) is 25.9 Å². The molecule has 1 unspecified atom stereocenters. The summed E-state index contributed by atoms with van der Waals surface area (Å²) in [7, 11) is 0. The largest absolute Gasteiger partial charge is 0.378 e. The van der Waals surface area contributed by atoms with E-state index in [9.17, 15) is 4.79 Å². The van der Waals surface area contributed by atoms with Gasteiger partial charge in [-0.1, -0.05) is 13.8 Å². The van der Waals surface area contributed by atoms with Crippen molar-refractivity contribution in [1.29, 1.82) is 0 Å². The van der Waals surface area contributed by atoms with Crippen molar-refractivity contribution in [3.05, 3.63) is 0 Å². The van der Waals surface area contributed by atoms with Crippen LogP contribution in [0, 0.1) is 5.92 Å². The van der Waals surface area contributed by atoms with Crippen LogP contribution in [0.2, 0.25) is 0 Å². The van der Waals surface area contributed by atoms with Crippen LogP contribution in [0.5, 0.6) is 0 Å². The Balaban J connectivity index is 3.27. The Bertz CT molecular complexity index is 152. The smallest absolute Gasteiger partial charge is 0.129 e. The van der Waals surface area contributed by atoms with E-state index >= 15 is 0 Å². The maximum absolute atomic E-state index is 10.7. The van der Waals surface area contributed by atoms with Gasteiger partial charge >= 0.3 is 0 Å². The maximum Gasteiger partial charge on any atom is 0.129 e. The van der Waals surface area contributed by atoms with Crippen LogP contribution >= 0.6 is 0 Å². The molecule has 2 heteroatoms. The highest BCUT2D eigenvalue weighted by Crippen LogP contribution is 2.07. The van der Waals surface area contributed by atoms with Crippen LogP contribution in [-0.2, 0) is 9.53 Å². The van der Waals surface area contributed by atoms with Crippen molar-refractivity contribution in [3.8, 4) is 0 Å². The Morgan fingerprint density at radius 1 is 1.21 bits per heavy atom. The zero-order valence-electron chi connectivity index (χ0n) is 10.0. The van der Waals surface area contributed by atoms with E-state index in [4.69, 9.17) is 4.74 Å². The van der Waals surface area contributed by atoms with Crippen LogP contribution in [0.25, 0.3) is 0 Å². The maximum atomic E-state index is 10.7. The summed E-state index contributed by atoms with van der Waals surface area (Å²) in [5.41, 5.74) is 0. The average molecular weight is 200 g/mol. The van der Waals surface area contributed by atoms with Gasteiger partial charge < -0.3 is 9.53 Å². The predicted octanol–water partition coefficient (Wildman–Crippen LogP) is 3.20. The van der Waals surface area contributed by atoms with Crippen LogP contribution in [0.15, 0.2) is 0 Å². The minimum Gasteiger partial charge on any atom is -0.378 e. The number of hydrogen-bond acceptors (Lipinski definition) is 2. The topological polar surface area (TPSA) is 26.3 Å². The summed E-state index contributed by atoms with van der Waals surface area (Å²) < 4.78 is 5.62. The van der Waals surface area contributed by atoms with E-state index in [0.29, 0.717) is 18.4 Å². The van der Waals surface area contributed by atoms with Gasteiger partial charge in [-0.15, -0.1) is 0 Å². The Morgan fingerprint density at radius 2 is 1.86 bits per heavy atom. The summed E-state index contributed by atoms with van der Waals surface area (Å²) >= 11 is 0. The molecule has 0 N–H and O–H groups in total. The SMILES string of the molecule is CC(=O)CCCC(C)OCCC(C)C. The predicted molar refractivity (Wildman–Crippen MR) is 59.4 cm³/mol. The fourth-order valence-electron chi connectivity index (χ4n) is 1.23.